The van der Waals surface area contributed by atoms with Gasteiger partial charge >= 0.3 is 5.97 Å². The molecule has 18 heteroatoms. The molecule has 0 aromatic heterocycles. The van der Waals surface area contributed by atoms with E-state index in [1.54, 1.807) is 0 Å². The minimum atomic E-state index is -1.81. The Morgan fingerprint density at radius 1 is 0.679 bits per heavy atom. The minimum absolute atomic E-state index is 0.121. The van der Waals surface area contributed by atoms with Crippen LogP contribution < -0.4 is 0 Å². The SMILES string of the molecule is C=C1C[C@@]23CC[C@@H]4[C@@](C)(CCC[C@@]4(C)C(=O)O[C@@H]4O[C@H](CO)[C@@H](O)[C@H](O)[C@H]4O)[C@@H]2CC[C@]1(O[C@H]1O[C@H](CO)[C@@H](O)[C@H](O)[C@H]1O[C@H]1O[C@@H](CO)[C@H](O)[C@@H](O)[C@@H]1O)C3. The van der Waals surface area contributed by atoms with Gasteiger partial charge in [-0.1, -0.05) is 19.9 Å². The normalized spacial score (nSPS) is 54.6. The Morgan fingerprint density at radius 3 is 1.82 bits per heavy atom. The number of carbonyl (C=O) groups is 1. The molecule has 0 amide bonds. The van der Waals surface area contributed by atoms with Crippen LogP contribution in [-0.2, 0) is 33.2 Å². The number of fused-ring (bicyclic) bond motifs is 3. The van der Waals surface area contributed by atoms with E-state index in [0.717, 1.165) is 18.4 Å². The van der Waals surface area contributed by atoms with E-state index in [-0.39, 0.29) is 22.7 Å². The number of aliphatic hydroxyl groups is 11. The molecule has 56 heavy (non-hydrogen) atoms. The van der Waals surface area contributed by atoms with Crippen molar-refractivity contribution < 1.29 is 89.4 Å². The van der Waals surface area contributed by atoms with E-state index in [1.165, 1.54) is 0 Å². The number of hydrogen-bond donors (Lipinski definition) is 11. The van der Waals surface area contributed by atoms with E-state index in [4.69, 9.17) is 28.4 Å². The van der Waals surface area contributed by atoms with Crippen LogP contribution in [0.25, 0.3) is 0 Å². The van der Waals surface area contributed by atoms with Gasteiger partial charge in [-0.05, 0) is 86.5 Å². The fourth-order valence-electron chi connectivity index (χ4n) is 12.0. The molecule has 7 fully saturated rings. The summed E-state index contributed by atoms with van der Waals surface area (Å²) in [6.45, 7) is 6.52. The third-order valence-corrected chi connectivity index (χ3v) is 15.0. The maximum absolute atomic E-state index is 14.1. The van der Waals surface area contributed by atoms with Crippen molar-refractivity contribution in [3.05, 3.63) is 12.2 Å². The van der Waals surface area contributed by atoms with Crippen LogP contribution in [0.5, 0.6) is 0 Å². The van der Waals surface area contributed by atoms with Crippen molar-refractivity contribution in [3.63, 3.8) is 0 Å². The Hall–Kier alpha value is -1.43. The fraction of sp³-hybridized carbons (Fsp3) is 0.921. The smallest absolute Gasteiger partial charge is 0.314 e. The van der Waals surface area contributed by atoms with Gasteiger partial charge in [0.15, 0.2) is 12.6 Å². The van der Waals surface area contributed by atoms with Crippen LogP contribution in [-0.4, -0.2) is 180 Å². The molecule has 0 radical (unpaired) electrons. The summed E-state index contributed by atoms with van der Waals surface area (Å²) in [6, 6.07) is 0. The van der Waals surface area contributed by atoms with Gasteiger partial charge in [0.25, 0.3) is 0 Å². The van der Waals surface area contributed by atoms with Gasteiger partial charge in [0.1, 0.15) is 73.2 Å². The zero-order valence-corrected chi connectivity index (χ0v) is 31.8. The summed E-state index contributed by atoms with van der Waals surface area (Å²) in [4.78, 5) is 14.1. The highest BCUT2D eigenvalue weighted by atomic mass is 16.8. The third-order valence-electron chi connectivity index (χ3n) is 15.0. The number of hydrogen-bond acceptors (Lipinski definition) is 18. The molecule has 21 atom stereocenters. The maximum Gasteiger partial charge on any atom is 0.314 e. The van der Waals surface area contributed by atoms with Crippen molar-refractivity contribution in [1.82, 2.24) is 0 Å². The highest BCUT2D eigenvalue weighted by Crippen LogP contribution is 2.73. The van der Waals surface area contributed by atoms with Crippen molar-refractivity contribution >= 4 is 5.97 Å². The lowest BCUT2D eigenvalue weighted by Gasteiger charge is -2.64. The fourth-order valence-corrected chi connectivity index (χ4v) is 12.0. The predicted molar refractivity (Wildman–Crippen MR) is 186 cm³/mol. The van der Waals surface area contributed by atoms with Crippen LogP contribution in [0.15, 0.2) is 12.2 Å². The van der Waals surface area contributed by atoms with E-state index >= 15 is 0 Å². The first-order chi connectivity index (χ1) is 26.4. The van der Waals surface area contributed by atoms with Gasteiger partial charge < -0.3 is 84.6 Å². The van der Waals surface area contributed by atoms with Crippen LogP contribution in [0, 0.1) is 28.1 Å². The van der Waals surface area contributed by atoms with Gasteiger partial charge in [-0.2, -0.15) is 0 Å². The summed E-state index contributed by atoms with van der Waals surface area (Å²) < 4.78 is 35.6. The largest absolute Gasteiger partial charge is 0.432 e. The molecule has 0 aromatic rings. The lowest BCUT2D eigenvalue weighted by molar-refractivity contribution is -0.378. The Kier molecular flexibility index (Phi) is 11.9. The van der Waals surface area contributed by atoms with E-state index in [2.05, 4.69) is 13.5 Å². The number of rotatable bonds is 9. The minimum Gasteiger partial charge on any atom is -0.432 e. The molecule has 7 rings (SSSR count). The van der Waals surface area contributed by atoms with Gasteiger partial charge in [0, 0.05) is 0 Å². The number of aliphatic hydroxyl groups excluding tert-OH is 11. The van der Waals surface area contributed by atoms with Crippen LogP contribution in [0.2, 0.25) is 0 Å². The predicted octanol–water partition coefficient (Wildman–Crippen LogP) is -2.94. The van der Waals surface area contributed by atoms with Crippen LogP contribution in [0.3, 0.4) is 0 Å². The van der Waals surface area contributed by atoms with Crippen molar-refractivity contribution in [2.75, 3.05) is 19.8 Å². The van der Waals surface area contributed by atoms with Crippen LogP contribution >= 0.6 is 0 Å². The monoisotopic (exact) mass is 804 g/mol. The Morgan fingerprint density at radius 2 is 1.21 bits per heavy atom. The molecule has 2 bridgehead atoms. The molecule has 18 nitrogen and oxygen atoms in total. The molecule has 3 aliphatic heterocycles. The molecular formula is C38H60O18. The van der Waals surface area contributed by atoms with Crippen LogP contribution in [0.1, 0.15) is 71.6 Å². The summed E-state index contributed by atoms with van der Waals surface area (Å²) in [5, 5.41) is 114. The van der Waals surface area contributed by atoms with E-state index in [9.17, 15) is 61.0 Å². The van der Waals surface area contributed by atoms with E-state index in [1.807, 2.05) is 6.92 Å². The van der Waals surface area contributed by atoms with Gasteiger partial charge in [0.05, 0.1) is 30.8 Å². The number of carbonyl (C=O) groups excluding carboxylic acids is 1. The average molecular weight is 805 g/mol. The average Bonchev–Trinajstić information content (AvgIpc) is 3.37. The topological polar surface area (TPSA) is 295 Å². The highest BCUT2D eigenvalue weighted by molar-refractivity contribution is 5.77. The second-order valence-electron chi connectivity index (χ2n) is 18.0. The van der Waals surface area contributed by atoms with Gasteiger partial charge in [-0.25, -0.2) is 0 Å². The molecule has 7 aliphatic rings. The third kappa shape index (κ3) is 6.69. The lowest BCUT2D eigenvalue weighted by Crippen LogP contribution is -2.65. The summed E-state index contributed by atoms with van der Waals surface area (Å²) in [5.74, 6) is -0.591. The molecule has 320 valence electrons. The van der Waals surface area contributed by atoms with Crippen molar-refractivity contribution in [2.45, 2.75) is 169 Å². The molecule has 3 saturated heterocycles. The standard InChI is InChI=1S/C38H60O18/c1-16-11-37-9-5-20-35(2,7-4-8-36(20,3)34(50)55-32-29(49)26(46)23(43)18(13-40)52-32)21(37)6-10-38(16,15-37)56-33-30(27(47)24(44)19(14-41)53-33)54-31-28(48)25(45)22(42)17(12-39)51-31/h17-33,39-49H,1,4-15H2,2-3H3/t17-,18+,19+,20+,21-,22-,23+,24+,25+,26-,27-,28-,29+,30+,31+,32-,33+,35+,36+,37+,38-/m0/s1. The van der Waals surface area contributed by atoms with Crippen molar-refractivity contribution in [3.8, 4) is 0 Å². The van der Waals surface area contributed by atoms with E-state index < -0.39 is 129 Å². The second-order valence-corrected chi connectivity index (χ2v) is 18.0. The zero-order chi connectivity index (χ0) is 40.7. The molecular weight excluding hydrogens is 744 g/mol. The molecule has 11 N–H and O–H groups in total. The molecule has 3 heterocycles. The zero-order valence-electron chi connectivity index (χ0n) is 31.8. The molecule has 4 aliphatic carbocycles. The molecule has 4 saturated carbocycles. The second kappa shape index (κ2) is 15.6. The number of esters is 1. The Labute approximate surface area is 324 Å². The first-order valence-electron chi connectivity index (χ1n) is 19.9. The molecule has 1 spiro atoms. The summed E-state index contributed by atoms with van der Waals surface area (Å²) in [7, 11) is 0. The van der Waals surface area contributed by atoms with Crippen LogP contribution in [0.4, 0.5) is 0 Å². The van der Waals surface area contributed by atoms with E-state index in [0.29, 0.717) is 44.9 Å². The molecule has 0 unspecified atom stereocenters. The highest BCUT2D eigenvalue weighted by Gasteiger charge is 2.69. The Bertz CT molecular complexity index is 1450. The van der Waals surface area contributed by atoms with Gasteiger partial charge in [0.2, 0.25) is 6.29 Å². The summed E-state index contributed by atoms with van der Waals surface area (Å²) in [5.41, 5.74) is -1.80. The lowest BCUT2D eigenvalue weighted by atomic mass is 9.41. The quantitative estimate of drug-likeness (QED) is 0.0631. The first-order valence-corrected chi connectivity index (χ1v) is 19.9. The maximum atomic E-state index is 14.1. The van der Waals surface area contributed by atoms with Gasteiger partial charge in [-0.15, -0.1) is 0 Å². The van der Waals surface area contributed by atoms with Crippen molar-refractivity contribution in [2.24, 2.45) is 28.1 Å². The first kappa shape index (κ1) is 42.7. The van der Waals surface area contributed by atoms with Crippen molar-refractivity contribution in [1.29, 1.82) is 0 Å². The number of ether oxygens (including phenoxy) is 6. The summed E-state index contributed by atoms with van der Waals surface area (Å²) >= 11 is 0. The van der Waals surface area contributed by atoms with Gasteiger partial charge in [-0.3, -0.25) is 4.79 Å². The Balaban J connectivity index is 1.10. The summed E-state index contributed by atoms with van der Waals surface area (Å²) in [6.07, 6.45) is -17.8. The molecule has 0 aromatic carbocycles.